The fourth-order valence-corrected chi connectivity index (χ4v) is 3.13. The van der Waals surface area contributed by atoms with Crippen LogP contribution in [0, 0.1) is 24.1 Å². The van der Waals surface area contributed by atoms with Gasteiger partial charge in [0.25, 0.3) is 0 Å². The van der Waals surface area contributed by atoms with Gasteiger partial charge in [-0.25, -0.2) is 4.39 Å². The van der Waals surface area contributed by atoms with Crippen LogP contribution in [0.5, 0.6) is 5.75 Å². The molecule has 2 aromatic rings. The average molecular weight is 414 g/mol. The van der Waals surface area contributed by atoms with Crippen molar-refractivity contribution in [1.82, 2.24) is 0 Å². The molecule has 0 bridgehead atoms. The Morgan fingerprint density at radius 2 is 1.86 bits per heavy atom. The molecule has 2 N–H and O–H groups in total. The second kappa shape index (κ2) is 6.46. The molecule has 0 aliphatic carbocycles. The Labute approximate surface area is 138 Å². The van der Waals surface area contributed by atoms with Crippen LogP contribution in [-0.2, 0) is 6.54 Å². The van der Waals surface area contributed by atoms with Gasteiger partial charge in [0.2, 0.25) is 0 Å². The topological polar surface area (TPSA) is 56.0 Å². The van der Waals surface area contributed by atoms with Crippen molar-refractivity contribution < 1.29 is 9.50 Å². The summed E-state index contributed by atoms with van der Waals surface area (Å²) in [6, 6.07) is 8.30. The lowest BCUT2D eigenvalue weighted by atomic mass is 10.1. The van der Waals surface area contributed by atoms with E-state index in [1.807, 2.05) is 6.07 Å². The smallest absolute Gasteiger partial charge is 0.143 e. The van der Waals surface area contributed by atoms with Crippen LogP contribution in [0.2, 0.25) is 0 Å². The van der Waals surface area contributed by atoms with Gasteiger partial charge in [-0.2, -0.15) is 5.26 Å². The summed E-state index contributed by atoms with van der Waals surface area (Å²) in [4.78, 5) is 0. The first kappa shape index (κ1) is 15.8. The molecule has 0 radical (unpaired) electrons. The number of hydrogen-bond acceptors (Lipinski definition) is 3. The molecule has 0 aliphatic rings. The van der Waals surface area contributed by atoms with Gasteiger partial charge in [0.15, 0.2) is 0 Å². The van der Waals surface area contributed by atoms with Crippen molar-refractivity contribution in [3.63, 3.8) is 0 Å². The van der Waals surface area contributed by atoms with Crippen LogP contribution in [-0.4, -0.2) is 5.11 Å². The minimum absolute atomic E-state index is 0.132. The number of rotatable bonds is 3. The second-order valence-corrected chi connectivity index (χ2v) is 6.21. The molecule has 0 atom stereocenters. The summed E-state index contributed by atoms with van der Waals surface area (Å²) < 4.78 is 14.8. The van der Waals surface area contributed by atoms with Crippen molar-refractivity contribution in [1.29, 1.82) is 5.26 Å². The second-order valence-electron chi connectivity index (χ2n) is 4.50. The Morgan fingerprint density at radius 1 is 1.24 bits per heavy atom. The zero-order valence-electron chi connectivity index (χ0n) is 11.0. The third kappa shape index (κ3) is 3.55. The predicted molar refractivity (Wildman–Crippen MR) is 86.7 cm³/mol. The summed E-state index contributed by atoms with van der Waals surface area (Å²) in [6.07, 6.45) is 0. The predicted octanol–water partition coefficient (Wildman–Crippen LogP) is 4.85. The van der Waals surface area contributed by atoms with Crippen LogP contribution in [0.4, 0.5) is 10.1 Å². The Balaban J connectivity index is 2.25. The molecule has 6 heteroatoms. The quantitative estimate of drug-likeness (QED) is 0.756. The number of benzene rings is 2. The van der Waals surface area contributed by atoms with Gasteiger partial charge in [-0.3, -0.25) is 0 Å². The van der Waals surface area contributed by atoms with Crippen LogP contribution >= 0.6 is 31.9 Å². The van der Waals surface area contributed by atoms with Gasteiger partial charge in [-0.15, -0.1) is 0 Å². The number of nitrogens with one attached hydrogen (secondary N) is 1. The highest BCUT2D eigenvalue weighted by Gasteiger charge is 2.09. The Morgan fingerprint density at radius 3 is 2.43 bits per heavy atom. The highest BCUT2D eigenvalue weighted by molar-refractivity contribution is 9.11. The van der Waals surface area contributed by atoms with Crippen LogP contribution in [0.3, 0.4) is 0 Å². The van der Waals surface area contributed by atoms with Gasteiger partial charge in [-0.05, 0) is 68.6 Å². The molecule has 0 saturated carbocycles. The average Bonchev–Trinajstić information content (AvgIpc) is 2.45. The molecule has 0 fully saturated rings. The third-order valence-electron chi connectivity index (χ3n) is 3.03. The molecule has 2 rings (SSSR count). The lowest BCUT2D eigenvalue weighted by Crippen LogP contribution is -2.03. The molecule has 0 aromatic heterocycles. The number of phenols is 1. The summed E-state index contributed by atoms with van der Waals surface area (Å²) in [5.41, 5.74) is 2.21. The monoisotopic (exact) mass is 412 g/mol. The van der Waals surface area contributed by atoms with Crippen LogP contribution in [0.1, 0.15) is 16.7 Å². The molecular weight excluding hydrogens is 403 g/mol. The minimum atomic E-state index is -0.412. The Hall–Kier alpha value is -1.58. The summed E-state index contributed by atoms with van der Waals surface area (Å²) in [6.45, 7) is 2.09. The van der Waals surface area contributed by atoms with Crippen molar-refractivity contribution in [3.05, 3.63) is 55.7 Å². The van der Waals surface area contributed by atoms with Crippen molar-refractivity contribution >= 4 is 37.5 Å². The molecule has 0 aliphatic heterocycles. The van der Waals surface area contributed by atoms with Gasteiger partial charge in [0.05, 0.1) is 20.6 Å². The van der Waals surface area contributed by atoms with E-state index in [9.17, 15) is 9.50 Å². The standard InChI is InChI=1S/C15H11Br2FN2O/c1-8-13(18)4-9(6-19)5-14(8)20-7-10-2-11(16)15(21)12(17)3-10/h2-5,20-21H,7H2,1H3. The summed E-state index contributed by atoms with van der Waals surface area (Å²) in [7, 11) is 0. The third-order valence-corrected chi connectivity index (χ3v) is 4.24. The van der Waals surface area contributed by atoms with Crippen LogP contribution in [0.25, 0.3) is 0 Å². The highest BCUT2D eigenvalue weighted by atomic mass is 79.9. The molecule has 2 aromatic carbocycles. The number of hydrogen-bond donors (Lipinski definition) is 2. The highest BCUT2D eigenvalue weighted by Crippen LogP contribution is 2.33. The number of anilines is 1. The van der Waals surface area contributed by atoms with E-state index >= 15 is 0 Å². The number of aromatic hydroxyl groups is 1. The largest absolute Gasteiger partial charge is 0.506 e. The maximum atomic E-state index is 13.7. The van der Waals surface area contributed by atoms with Gasteiger partial charge in [-0.1, -0.05) is 0 Å². The number of phenolic OH excluding ortho intramolecular Hbond substituents is 1. The lowest BCUT2D eigenvalue weighted by molar-refractivity contribution is 0.468. The Bertz CT molecular complexity index is 718. The van der Waals surface area contributed by atoms with E-state index in [1.54, 1.807) is 25.1 Å². The maximum Gasteiger partial charge on any atom is 0.143 e. The maximum absolute atomic E-state index is 13.7. The first-order valence-corrected chi connectivity index (χ1v) is 7.62. The zero-order chi connectivity index (χ0) is 15.6. The lowest BCUT2D eigenvalue weighted by Gasteiger charge is -2.12. The van der Waals surface area contributed by atoms with E-state index in [4.69, 9.17) is 5.26 Å². The molecule has 21 heavy (non-hydrogen) atoms. The van der Waals surface area contributed by atoms with Gasteiger partial charge < -0.3 is 10.4 Å². The minimum Gasteiger partial charge on any atom is -0.506 e. The first-order chi connectivity index (χ1) is 9.92. The Kier molecular flexibility index (Phi) is 4.86. The van der Waals surface area contributed by atoms with E-state index in [0.29, 0.717) is 26.7 Å². The van der Waals surface area contributed by atoms with Crippen LogP contribution < -0.4 is 5.32 Å². The van der Waals surface area contributed by atoms with Crippen molar-refractivity contribution in [2.24, 2.45) is 0 Å². The van der Waals surface area contributed by atoms with Gasteiger partial charge in [0, 0.05) is 17.8 Å². The first-order valence-electron chi connectivity index (χ1n) is 6.03. The summed E-state index contributed by atoms with van der Waals surface area (Å²) in [5.74, 6) is -0.280. The molecular formula is C15H11Br2FN2O. The van der Waals surface area contributed by atoms with Gasteiger partial charge in [0.1, 0.15) is 11.6 Å². The normalized spacial score (nSPS) is 10.2. The van der Waals surface area contributed by atoms with E-state index in [-0.39, 0.29) is 11.3 Å². The molecule has 0 unspecified atom stereocenters. The molecule has 0 spiro atoms. The van der Waals surface area contributed by atoms with Gasteiger partial charge >= 0.3 is 0 Å². The van der Waals surface area contributed by atoms with Crippen LogP contribution in [0.15, 0.2) is 33.2 Å². The molecule has 108 valence electrons. The summed E-state index contributed by atoms with van der Waals surface area (Å²) in [5, 5.41) is 21.7. The van der Waals surface area contributed by atoms with E-state index in [2.05, 4.69) is 37.2 Å². The van der Waals surface area contributed by atoms with Crippen molar-refractivity contribution in [2.75, 3.05) is 5.32 Å². The van der Waals surface area contributed by atoms with E-state index < -0.39 is 5.82 Å². The SMILES string of the molecule is Cc1c(F)cc(C#N)cc1NCc1cc(Br)c(O)c(Br)c1. The summed E-state index contributed by atoms with van der Waals surface area (Å²) >= 11 is 6.52. The molecule has 0 saturated heterocycles. The molecule has 3 nitrogen and oxygen atoms in total. The number of nitriles is 1. The van der Waals surface area contributed by atoms with E-state index in [0.717, 1.165) is 5.56 Å². The molecule has 0 amide bonds. The number of halogens is 3. The fraction of sp³-hybridized carbons (Fsp3) is 0.133. The fourth-order valence-electron chi connectivity index (χ4n) is 1.84. The molecule has 0 heterocycles. The van der Waals surface area contributed by atoms with E-state index in [1.165, 1.54) is 6.07 Å². The van der Waals surface area contributed by atoms with Crippen molar-refractivity contribution in [3.8, 4) is 11.8 Å². The van der Waals surface area contributed by atoms with Crippen molar-refractivity contribution in [2.45, 2.75) is 13.5 Å². The number of nitrogens with zero attached hydrogens (tertiary/aromatic N) is 1. The zero-order valence-corrected chi connectivity index (χ0v) is 14.2.